The molecule has 5 heteroatoms. The van der Waals surface area contributed by atoms with Gasteiger partial charge in [0, 0.05) is 25.0 Å². The van der Waals surface area contributed by atoms with E-state index in [0.717, 1.165) is 17.2 Å². The summed E-state index contributed by atoms with van der Waals surface area (Å²) in [6.07, 6.45) is 3.33. The van der Waals surface area contributed by atoms with Crippen LogP contribution < -0.4 is 5.73 Å². The van der Waals surface area contributed by atoms with E-state index < -0.39 is 0 Å². The molecule has 72 valence electrons. The number of anilines is 1. The molecular weight excluding hydrogens is 178 g/mol. The van der Waals surface area contributed by atoms with Crippen LogP contribution in [0.2, 0.25) is 0 Å². The lowest BCUT2D eigenvalue weighted by Gasteiger charge is -1.99. The lowest BCUT2D eigenvalue weighted by Crippen LogP contribution is -1.96. The van der Waals surface area contributed by atoms with Crippen molar-refractivity contribution in [1.82, 2.24) is 19.7 Å². The number of hydrogen-bond acceptors (Lipinski definition) is 4. The maximum atomic E-state index is 5.63. The summed E-state index contributed by atoms with van der Waals surface area (Å²) in [7, 11) is 1.85. The van der Waals surface area contributed by atoms with Gasteiger partial charge >= 0.3 is 0 Å². The van der Waals surface area contributed by atoms with Crippen molar-refractivity contribution in [1.29, 1.82) is 0 Å². The number of nitrogens with two attached hydrogens (primary N) is 1. The normalized spacial score (nSPS) is 10.4. The predicted octanol–water partition coefficient (Wildman–Crippen LogP) is 0.768. The zero-order valence-electron chi connectivity index (χ0n) is 8.10. The topological polar surface area (TPSA) is 69.6 Å². The van der Waals surface area contributed by atoms with Gasteiger partial charge in [-0.25, -0.2) is 9.67 Å². The first kappa shape index (κ1) is 8.68. The first-order valence-electron chi connectivity index (χ1n) is 4.25. The summed E-state index contributed by atoms with van der Waals surface area (Å²) in [6.45, 7) is 1.85. The lowest BCUT2D eigenvalue weighted by atomic mass is 10.2. The smallest absolute Gasteiger partial charge is 0.159 e. The number of nitrogen functional groups attached to an aromatic ring is 1. The third-order valence-electron chi connectivity index (χ3n) is 1.89. The quantitative estimate of drug-likeness (QED) is 0.719. The molecule has 0 bridgehead atoms. The number of hydrogen-bond donors (Lipinski definition) is 1. The Bertz CT molecular complexity index is 460. The van der Waals surface area contributed by atoms with Gasteiger partial charge in [-0.1, -0.05) is 0 Å². The van der Waals surface area contributed by atoms with Gasteiger partial charge in [0.25, 0.3) is 0 Å². The predicted molar refractivity (Wildman–Crippen MR) is 53.4 cm³/mol. The monoisotopic (exact) mass is 189 g/mol. The molecule has 0 saturated heterocycles. The molecule has 0 unspecified atom stereocenters. The fourth-order valence-electron chi connectivity index (χ4n) is 1.34. The molecule has 2 aromatic heterocycles. The summed E-state index contributed by atoms with van der Waals surface area (Å²) in [5.74, 6) is 1.52. The summed E-state index contributed by atoms with van der Waals surface area (Å²) in [5, 5.41) is 4.15. The van der Waals surface area contributed by atoms with Crippen LogP contribution in [0, 0.1) is 6.92 Å². The van der Waals surface area contributed by atoms with Gasteiger partial charge in [0.2, 0.25) is 0 Å². The van der Waals surface area contributed by atoms with E-state index in [-0.39, 0.29) is 0 Å². The van der Waals surface area contributed by atoms with E-state index in [1.54, 1.807) is 17.1 Å². The third kappa shape index (κ3) is 1.44. The molecule has 0 aromatic carbocycles. The maximum Gasteiger partial charge on any atom is 0.159 e. The summed E-state index contributed by atoms with van der Waals surface area (Å²) in [6, 6.07) is 1.83. The van der Waals surface area contributed by atoms with E-state index in [9.17, 15) is 0 Å². The largest absolute Gasteiger partial charge is 0.397 e. The van der Waals surface area contributed by atoms with Gasteiger partial charge in [-0.15, -0.1) is 0 Å². The highest BCUT2D eigenvalue weighted by molar-refractivity contribution is 5.59. The molecular formula is C9H11N5. The van der Waals surface area contributed by atoms with Crippen molar-refractivity contribution in [3.8, 4) is 11.4 Å². The van der Waals surface area contributed by atoms with Crippen LogP contribution in [-0.2, 0) is 7.05 Å². The van der Waals surface area contributed by atoms with Crippen LogP contribution in [0.4, 0.5) is 5.69 Å². The molecule has 0 saturated carbocycles. The van der Waals surface area contributed by atoms with Crippen molar-refractivity contribution in [3.63, 3.8) is 0 Å². The minimum atomic E-state index is 0.628. The molecule has 5 nitrogen and oxygen atoms in total. The van der Waals surface area contributed by atoms with Crippen molar-refractivity contribution < 1.29 is 0 Å². The van der Waals surface area contributed by atoms with Gasteiger partial charge in [0.05, 0.1) is 5.69 Å². The van der Waals surface area contributed by atoms with Gasteiger partial charge in [-0.3, -0.25) is 4.98 Å². The SMILES string of the molecule is Cc1nc(-c2cncc(N)c2)n(C)n1. The van der Waals surface area contributed by atoms with Gasteiger partial charge in [-0.2, -0.15) is 5.10 Å². The Hall–Kier alpha value is -1.91. The van der Waals surface area contributed by atoms with E-state index in [2.05, 4.69) is 15.1 Å². The molecule has 0 fully saturated rings. The maximum absolute atomic E-state index is 5.63. The average Bonchev–Trinajstić information content (AvgIpc) is 2.45. The molecule has 0 atom stereocenters. The summed E-state index contributed by atoms with van der Waals surface area (Å²) >= 11 is 0. The van der Waals surface area contributed by atoms with Crippen LogP contribution in [-0.4, -0.2) is 19.7 Å². The minimum Gasteiger partial charge on any atom is -0.397 e. The number of pyridine rings is 1. The van der Waals surface area contributed by atoms with Crippen LogP contribution in [0.1, 0.15) is 5.82 Å². The van der Waals surface area contributed by atoms with Crippen LogP contribution in [0.15, 0.2) is 18.5 Å². The van der Waals surface area contributed by atoms with E-state index in [4.69, 9.17) is 5.73 Å². The van der Waals surface area contributed by atoms with Crippen LogP contribution >= 0.6 is 0 Å². The second kappa shape index (κ2) is 3.10. The van der Waals surface area contributed by atoms with Crippen LogP contribution in [0.3, 0.4) is 0 Å². The van der Waals surface area contributed by atoms with Gasteiger partial charge in [0.15, 0.2) is 5.82 Å². The summed E-state index contributed by atoms with van der Waals surface area (Å²) in [4.78, 5) is 8.28. The Kier molecular flexibility index (Phi) is 1.92. The molecule has 2 rings (SSSR count). The van der Waals surface area contributed by atoms with Crippen molar-refractivity contribution in [2.45, 2.75) is 6.92 Å². The highest BCUT2D eigenvalue weighted by Gasteiger charge is 2.06. The Morgan fingerprint density at radius 1 is 1.36 bits per heavy atom. The molecule has 0 radical (unpaired) electrons. The fourth-order valence-corrected chi connectivity index (χ4v) is 1.34. The van der Waals surface area contributed by atoms with Crippen molar-refractivity contribution in [2.24, 2.45) is 7.05 Å². The number of rotatable bonds is 1. The van der Waals surface area contributed by atoms with Crippen molar-refractivity contribution in [3.05, 3.63) is 24.3 Å². The van der Waals surface area contributed by atoms with Crippen molar-refractivity contribution >= 4 is 5.69 Å². The van der Waals surface area contributed by atoms with E-state index in [1.165, 1.54) is 0 Å². The number of nitrogens with zero attached hydrogens (tertiary/aromatic N) is 4. The first-order valence-corrected chi connectivity index (χ1v) is 4.25. The molecule has 2 aromatic rings. The Labute approximate surface area is 81.6 Å². The highest BCUT2D eigenvalue weighted by Crippen LogP contribution is 2.17. The molecule has 0 spiro atoms. The molecule has 0 amide bonds. The van der Waals surface area contributed by atoms with E-state index in [0.29, 0.717) is 5.69 Å². The zero-order valence-corrected chi connectivity index (χ0v) is 8.10. The summed E-state index contributed by atoms with van der Waals surface area (Å²) in [5.41, 5.74) is 7.14. The number of aromatic nitrogens is 4. The summed E-state index contributed by atoms with van der Waals surface area (Å²) < 4.78 is 1.71. The molecule has 2 heterocycles. The van der Waals surface area contributed by atoms with E-state index in [1.807, 2.05) is 20.0 Å². The lowest BCUT2D eigenvalue weighted by molar-refractivity contribution is 0.763. The van der Waals surface area contributed by atoms with Gasteiger partial charge < -0.3 is 5.73 Å². The average molecular weight is 189 g/mol. The van der Waals surface area contributed by atoms with Gasteiger partial charge in [-0.05, 0) is 13.0 Å². The standard InChI is InChI=1S/C9H11N5/c1-6-12-9(14(2)13-6)7-3-8(10)5-11-4-7/h3-5H,10H2,1-2H3. The number of aryl methyl sites for hydroxylation is 2. The zero-order chi connectivity index (χ0) is 10.1. The van der Waals surface area contributed by atoms with Crippen molar-refractivity contribution in [2.75, 3.05) is 5.73 Å². The Balaban J connectivity index is 2.54. The second-order valence-corrected chi connectivity index (χ2v) is 3.11. The highest BCUT2D eigenvalue weighted by atomic mass is 15.3. The fraction of sp³-hybridized carbons (Fsp3) is 0.222. The molecule has 14 heavy (non-hydrogen) atoms. The molecule has 0 aliphatic heterocycles. The van der Waals surface area contributed by atoms with Crippen LogP contribution in [0.25, 0.3) is 11.4 Å². The third-order valence-corrected chi connectivity index (χ3v) is 1.89. The molecule has 0 aliphatic rings. The molecule has 2 N–H and O–H groups in total. The van der Waals surface area contributed by atoms with Gasteiger partial charge in [0.1, 0.15) is 5.82 Å². The second-order valence-electron chi connectivity index (χ2n) is 3.11. The Morgan fingerprint density at radius 2 is 2.14 bits per heavy atom. The minimum absolute atomic E-state index is 0.628. The molecule has 0 aliphatic carbocycles. The van der Waals surface area contributed by atoms with Crippen LogP contribution in [0.5, 0.6) is 0 Å². The first-order chi connectivity index (χ1) is 6.66. The Morgan fingerprint density at radius 3 is 2.71 bits per heavy atom. The van der Waals surface area contributed by atoms with E-state index >= 15 is 0 Å².